The van der Waals surface area contributed by atoms with Gasteiger partial charge in [-0.05, 0) is 50.5 Å². The highest BCUT2D eigenvalue weighted by Crippen LogP contribution is 2.27. The molecule has 2 atom stereocenters. The van der Waals surface area contributed by atoms with Crippen LogP contribution in [0, 0.1) is 12.7 Å². The summed E-state index contributed by atoms with van der Waals surface area (Å²) in [5, 5.41) is 9.79. The third-order valence-electron chi connectivity index (χ3n) is 3.79. The summed E-state index contributed by atoms with van der Waals surface area (Å²) < 4.78 is 40.0. The van der Waals surface area contributed by atoms with Crippen LogP contribution in [0.15, 0.2) is 23.1 Å². The molecule has 0 radical (unpaired) electrons. The molecule has 0 bridgehead atoms. The van der Waals surface area contributed by atoms with Crippen molar-refractivity contribution in [2.75, 3.05) is 6.54 Å². The van der Waals surface area contributed by atoms with Crippen LogP contribution >= 0.6 is 0 Å². The van der Waals surface area contributed by atoms with E-state index in [0.29, 0.717) is 18.5 Å². The van der Waals surface area contributed by atoms with E-state index < -0.39 is 28.0 Å². The number of hydrogen-bond donors (Lipinski definition) is 1. The molecule has 1 heterocycles. The van der Waals surface area contributed by atoms with Crippen LogP contribution in [0.1, 0.15) is 31.7 Å². The maximum absolute atomic E-state index is 13.3. The molecule has 112 valence electrons. The van der Waals surface area contributed by atoms with Crippen molar-refractivity contribution in [3.05, 3.63) is 29.6 Å². The van der Waals surface area contributed by atoms with Crippen molar-refractivity contribution in [3.8, 4) is 0 Å². The molecule has 1 aliphatic heterocycles. The molecule has 20 heavy (non-hydrogen) atoms. The molecule has 4 nitrogen and oxygen atoms in total. The molecule has 1 N–H and O–H groups in total. The van der Waals surface area contributed by atoms with E-state index in [4.69, 9.17) is 0 Å². The fraction of sp³-hybridized carbons (Fsp3) is 0.571. The summed E-state index contributed by atoms with van der Waals surface area (Å²) in [5.41, 5.74) is 0.302. The summed E-state index contributed by atoms with van der Waals surface area (Å²) in [4.78, 5) is 0.0870. The first-order valence-electron chi connectivity index (χ1n) is 6.80. The lowest BCUT2D eigenvalue weighted by molar-refractivity contribution is 0.0831. The highest BCUT2D eigenvalue weighted by atomic mass is 32.2. The fourth-order valence-corrected chi connectivity index (χ4v) is 4.47. The molecule has 0 spiro atoms. The van der Waals surface area contributed by atoms with E-state index in [-0.39, 0.29) is 4.90 Å². The molecule has 1 saturated heterocycles. The van der Waals surface area contributed by atoms with Crippen molar-refractivity contribution < 1.29 is 17.9 Å². The lowest BCUT2D eigenvalue weighted by Gasteiger charge is -2.36. The Morgan fingerprint density at radius 3 is 2.70 bits per heavy atom. The van der Waals surface area contributed by atoms with E-state index in [1.165, 1.54) is 29.4 Å². The van der Waals surface area contributed by atoms with Gasteiger partial charge in [-0.15, -0.1) is 0 Å². The van der Waals surface area contributed by atoms with Gasteiger partial charge in [0.15, 0.2) is 0 Å². The van der Waals surface area contributed by atoms with Gasteiger partial charge in [-0.1, -0.05) is 6.42 Å². The number of halogens is 1. The van der Waals surface area contributed by atoms with Crippen LogP contribution in [0.25, 0.3) is 0 Å². The van der Waals surface area contributed by atoms with Crippen LogP contribution in [0.3, 0.4) is 0 Å². The molecule has 0 saturated carbocycles. The van der Waals surface area contributed by atoms with Gasteiger partial charge in [-0.25, -0.2) is 12.8 Å². The van der Waals surface area contributed by atoms with Gasteiger partial charge < -0.3 is 5.11 Å². The first-order chi connectivity index (χ1) is 9.34. The number of aliphatic hydroxyl groups excluding tert-OH is 1. The Kier molecular flexibility index (Phi) is 4.46. The van der Waals surface area contributed by atoms with Gasteiger partial charge >= 0.3 is 0 Å². The minimum atomic E-state index is -3.69. The van der Waals surface area contributed by atoms with Crippen molar-refractivity contribution in [1.82, 2.24) is 4.31 Å². The Balaban J connectivity index is 2.39. The van der Waals surface area contributed by atoms with Crippen LogP contribution in [0.5, 0.6) is 0 Å². The van der Waals surface area contributed by atoms with Gasteiger partial charge in [-0.2, -0.15) is 4.31 Å². The topological polar surface area (TPSA) is 57.6 Å². The molecular weight excluding hydrogens is 281 g/mol. The van der Waals surface area contributed by atoms with Gasteiger partial charge in [0.2, 0.25) is 10.0 Å². The zero-order valence-electron chi connectivity index (χ0n) is 11.7. The van der Waals surface area contributed by atoms with Crippen LogP contribution < -0.4 is 0 Å². The van der Waals surface area contributed by atoms with Crippen molar-refractivity contribution in [3.63, 3.8) is 0 Å². The number of benzene rings is 1. The predicted octanol–water partition coefficient (Wildman–Crippen LogP) is 2.06. The highest BCUT2D eigenvalue weighted by Gasteiger charge is 2.35. The second kappa shape index (κ2) is 5.79. The minimum absolute atomic E-state index is 0.0870. The van der Waals surface area contributed by atoms with Crippen molar-refractivity contribution in [1.29, 1.82) is 0 Å². The normalized spacial score (nSPS) is 22.7. The Morgan fingerprint density at radius 1 is 1.40 bits per heavy atom. The molecule has 1 aromatic rings. The van der Waals surface area contributed by atoms with Gasteiger partial charge in [0.05, 0.1) is 17.0 Å². The summed E-state index contributed by atoms with van der Waals surface area (Å²) >= 11 is 0. The highest BCUT2D eigenvalue weighted by molar-refractivity contribution is 7.89. The number of rotatable bonds is 3. The molecular formula is C14H20FNO3S. The largest absolute Gasteiger partial charge is 0.392 e. The van der Waals surface area contributed by atoms with Crippen LogP contribution in [0.4, 0.5) is 4.39 Å². The second-order valence-electron chi connectivity index (χ2n) is 5.33. The predicted molar refractivity (Wildman–Crippen MR) is 74.3 cm³/mol. The Labute approximate surface area is 119 Å². The third-order valence-corrected chi connectivity index (χ3v) is 5.71. The van der Waals surface area contributed by atoms with E-state index in [2.05, 4.69) is 0 Å². The Bertz CT molecular complexity index is 586. The Hall–Kier alpha value is -0.980. The fourth-order valence-electron chi connectivity index (χ4n) is 2.62. The average molecular weight is 301 g/mol. The maximum atomic E-state index is 13.3. The van der Waals surface area contributed by atoms with Gasteiger partial charge in [0.1, 0.15) is 5.82 Å². The standard InChI is InChI=1S/C14H20FNO3S/c1-10-9-12(6-7-13(10)15)20(18,19)16-8-4-3-5-14(16)11(2)17/h6-7,9,11,14,17H,3-5,8H2,1-2H3. The van der Waals surface area contributed by atoms with E-state index in [0.717, 1.165) is 12.8 Å². The maximum Gasteiger partial charge on any atom is 0.243 e. The molecule has 1 aromatic carbocycles. The summed E-state index contributed by atoms with van der Waals surface area (Å²) in [5.74, 6) is -0.422. The number of hydrogen-bond acceptors (Lipinski definition) is 3. The number of nitrogens with zero attached hydrogens (tertiary/aromatic N) is 1. The summed E-state index contributed by atoms with van der Waals surface area (Å²) in [6.45, 7) is 3.54. The average Bonchev–Trinajstić information content (AvgIpc) is 2.41. The zero-order valence-corrected chi connectivity index (χ0v) is 12.5. The molecule has 2 rings (SSSR count). The third kappa shape index (κ3) is 2.87. The van der Waals surface area contributed by atoms with E-state index in [1.807, 2.05) is 0 Å². The first-order valence-corrected chi connectivity index (χ1v) is 8.24. The molecule has 1 aliphatic rings. The van der Waals surface area contributed by atoms with Crippen molar-refractivity contribution in [2.24, 2.45) is 0 Å². The zero-order chi connectivity index (χ0) is 14.9. The van der Waals surface area contributed by atoms with E-state index in [1.54, 1.807) is 6.92 Å². The quantitative estimate of drug-likeness (QED) is 0.929. The minimum Gasteiger partial charge on any atom is -0.392 e. The van der Waals surface area contributed by atoms with Gasteiger partial charge in [0.25, 0.3) is 0 Å². The van der Waals surface area contributed by atoms with Crippen molar-refractivity contribution >= 4 is 10.0 Å². The van der Waals surface area contributed by atoms with Crippen LogP contribution in [0.2, 0.25) is 0 Å². The molecule has 0 aromatic heterocycles. The second-order valence-corrected chi connectivity index (χ2v) is 7.22. The molecule has 0 aliphatic carbocycles. The SMILES string of the molecule is Cc1cc(S(=O)(=O)N2CCCCC2C(C)O)ccc1F. The first kappa shape index (κ1) is 15.4. The molecule has 0 amide bonds. The summed E-state index contributed by atoms with van der Waals surface area (Å²) in [6, 6.07) is 3.40. The smallest absolute Gasteiger partial charge is 0.243 e. The summed E-state index contributed by atoms with van der Waals surface area (Å²) in [7, 11) is -3.69. The van der Waals surface area contributed by atoms with Crippen molar-refractivity contribution in [2.45, 2.75) is 50.2 Å². The lowest BCUT2D eigenvalue weighted by Crippen LogP contribution is -2.48. The molecule has 2 unspecified atom stereocenters. The van der Waals surface area contributed by atoms with Crippen LogP contribution in [-0.2, 0) is 10.0 Å². The van der Waals surface area contributed by atoms with Gasteiger partial charge in [0, 0.05) is 6.54 Å². The molecule has 1 fully saturated rings. The van der Waals surface area contributed by atoms with Gasteiger partial charge in [-0.3, -0.25) is 0 Å². The molecule has 6 heteroatoms. The van der Waals surface area contributed by atoms with E-state index >= 15 is 0 Å². The number of aryl methyl sites for hydroxylation is 1. The Morgan fingerprint density at radius 2 is 2.10 bits per heavy atom. The number of aliphatic hydroxyl groups is 1. The lowest BCUT2D eigenvalue weighted by atomic mass is 10.0. The summed E-state index contributed by atoms with van der Waals surface area (Å²) in [6.07, 6.45) is 1.62. The van der Waals surface area contributed by atoms with E-state index in [9.17, 15) is 17.9 Å². The number of sulfonamides is 1. The van der Waals surface area contributed by atoms with Crippen LogP contribution in [-0.4, -0.2) is 36.5 Å². The monoisotopic (exact) mass is 301 g/mol. The number of piperidine rings is 1.